The van der Waals surface area contributed by atoms with E-state index in [1.165, 1.54) is 11.3 Å². The molecule has 5 heteroatoms. The van der Waals surface area contributed by atoms with Gasteiger partial charge in [-0.1, -0.05) is 6.07 Å². The topological polar surface area (TPSA) is 24.5 Å². The van der Waals surface area contributed by atoms with Crippen molar-refractivity contribution in [1.29, 1.82) is 0 Å². The molecule has 0 spiro atoms. The quantitative estimate of drug-likeness (QED) is 0.903. The molecule has 1 N–H and O–H groups in total. The van der Waals surface area contributed by atoms with Crippen LogP contribution in [0.25, 0.3) is 0 Å². The SMILES string of the molecule is F[C@H]1C[C@@H](CN[C@H]2CCCOC2)N(Cc2cccs2)C1. The van der Waals surface area contributed by atoms with Crippen molar-refractivity contribution in [2.24, 2.45) is 0 Å². The number of likely N-dealkylation sites (tertiary alicyclic amines) is 1. The van der Waals surface area contributed by atoms with Gasteiger partial charge in [0.15, 0.2) is 0 Å². The first-order valence-electron chi connectivity index (χ1n) is 7.53. The molecule has 2 aliphatic rings. The Morgan fingerprint density at radius 2 is 2.45 bits per heavy atom. The van der Waals surface area contributed by atoms with Crippen molar-refractivity contribution in [3.8, 4) is 0 Å². The summed E-state index contributed by atoms with van der Waals surface area (Å²) in [7, 11) is 0. The van der Waals surface area contributed by atoms with Crippen molar-refractivity contribution < 1.29 is 9.13 Å². The van der Waals surface area contributed by atoms with E-state index < -0.39 is 6.17 Å². The van der Waals surface area contributed by atoms with E-state index in [2.05, 4.69) is 27.7 Å². The summed E-state index contributed by atoms with van der Waals surface area (Å²) >= 11 is 1.75. The molecule has 2 saturated heterocycles. The Morgan fingerprint density at radius 1 is 1.50 bits per heavy atom. The van der Waals surface area contributed by atoms with E-state index in [1.807, 2.05) is 0 Å². The van der Waals surface area contributed by atoms with Crippen molar-refractivity contribution in [1.82, 2.24) is 10.2 Å². The molecule has 0 aromatic carbocycles. The third-order valence-electron chi connectivity index (χ3n) is 4.22. The van der Waals surface area contributed by atoms with Crippen LogP contribution in [0.5, 0.6) is 0 Å². The van der Waals surface area contributed by atoms with Crippen molar-refractivity contribution in [3.63, 3.8) is 0 Å². The lowest BCUT2D eigenvalue weighted by molar-refractivity contribution is 0.0677. The highest BCUT2D eigenvalue weighted by Crippen LogP contribution is 2.24. The fourth-order valence-corrected chi connectivity index (χ4v) is 3.86. The second-order valence-electron chi connectivity index (χ2n) is 5.82. The Bertz CT molecular complexity index is 395. The number of nitrogens with zero attached hydrogens (tertiary/aromatic N) is 1. The summed E-state index contributed by atoms with van der Waals surface area (Å²) < 4.78 is 19.2. The van der Waals surface area contributed by atoms with Gasteiger partial charge >= 0.3 is 0 Å². The first kappa shape index (κ1) is 14.4. The van der Waals surface area contributed by atoms with Crippen LogP contribution in [0.3, 0.4) is 0 Å². The molecule has 0 unspecified atom stereocenters. The predicted molar refractivity (Wildman–Crippen MR) is 79.9 cm³/mol. The van der Waals surface area contributed by atoms with Gasteiger partial charge in [0, 0.05) is 43.2 Å². The summed E-state index contributed by atoms with van der Waals surface area (Å²) in [5.74, 6) is 0. The van der Waals surface area contributed by atoms with Gasteiger partial charge in [-0.05, 0) is 30.7 Å². The molecule has 3 rings (SSSR count). The summed E-state index contributed by atoms with van der Waals surface area (Å²) in [5, 5.41) is 5.65. The molecule has 20 heavy (non-hydrogen) atoms. The molecule has 112 valence electrons. The number of hydrogen-bond acceptors (Lipinski definition) is 4. The Balaban J connectivity index is 1.50. The molecule has 0 aliphatic carbocycles. The molecule has 3 atom stereocenters. The van der Waals surface area contributed by atoms with E-state index in [9.17, 15) is 4.39 Å². The fraction of sp³-hybridized carbons (Fsp3) is 0.733. The minimum Gasteiger partial charge on any atom is -0.380 e. The average molecular weight is 298 g/mol. The van der Waals surface area contributed by atoms with Crippen LogP contribution >= 0.6 is 11.3 Å². The molecule has 0 amide bonds. The Hall–Kier alpha value is -0.490. The van der Waals surface area contributed by atoms with Crippen LogP contribution in [0.4, 0.5) is 4.39 Å². The molecular formula is C15H23FN2OS. The van der Waals surface area contributed by atoms with E-state index in [4.69, 9.17) is 4.74 Å². The molecular weight excluding hydrogens is 275 g/mol. The maximum absolute atomic E-state index is 13.7. The van der Waals surface area contributed by atoms with E-state index in [0.29, 0.717) is 25.0 Å². The molecule has 0 saturated carbocycles. The highest BCUT2D eigenvalue weighted by Gasteiger charge is 2.32. The lowest BCUT2D eigenvalue weighted by Crippen LogP contribution is -2.44. The molecule has 0 bridgehead atoms. The van der Waals surface area contributed by atoms with Crippen LogP contribution < -0.4 is 5.32 Å². The second kappa shape index (κ2) is 6.98. The van der Waals surface area contributed by atoms with Crippen LogP contribution in [-0.4, -0.2) is 49.5 Å². The van der Waals surface area contributed by atoms with E-state index in [1.54, 1.807) is 11.3 Å². The molecule has 2 aliphatic heterocycles. The highest BCUT2D eigenvalue weighted by atomic mass is 32.1. The largest absolute Gasteiger partial charge is 0.380 e. The zero-order chi connectivity index (χ0) is 13.8. The summed E-state index contributed by atoms with van der Waals surface area (Å²) in [6.45, 7) is 4.02. The molecule has 0 radical (unpaired) electrons. The minimum atomic E-state index is -0.677. The standard InChI is InChI=1S/C15H23FN2OS/c16-12-7-14(8-17-13-3-1-5-19-11-13)18(9-12)10-15-4-2-6-20-15/h2,4,6,12-14,17H,1,3,5,7-11H2/t12-,13-,14-/m0/s1. The predicted octanol–water partition coefficient (Wildman–Crippen LogP) is 2.43. The Morgan fingerprint density at radius 3 is 3.20 bits per heavy atom. The average Bonchev–Trinajstić information content (AvgIpc) is 3.08. The number of ether oxygens (including phenoxy) is 1. The summed E-state index contributed by atoms with van der Waals surface area (Å²) in [6, 6.07) is 4.96. The van der Waals surface area contributed by atoms with Gasteiger partial charge in [-0.15, -0.1) is 11.3 Å². The lowest BCUT2D eigenvalue weighted by atomic mass is 10.1. The maximum atomic E-state index is 13.7. The van der Waals surface area contributed by atoms with Gasteiger partial charge in [0.05, 0.1) is 6.61 Å². The monoisotopic (exact) mass is 298 g/mol. The Labute approximate surface area is 124 Å². The number of thiophene rings is 1. The molecule has 2 fully saturated rings. The van der Waals surface area contributed by atoms with Crippen LogP contribution in [0.1, 0.15) is 24.1 Å². The van der Waals surface area contributed by atoms with Gasteiger partial charge in [0.1, 0.15) is 6.17 Å². The maximum Gasteiger partial charge on any atom is 0.114 e. The van der Waals surface area contributed by atoms with Crippen molar-refractivity contribution in [2.75, 3.05) is 26.3 Å². The number of halogens is 1. The first-order valence-corrected chi connectivity index (χ1v) is 8.41. The lowest BCUT2D eigenvalue weighted by Gasteiger charge is -2.28. The zero-order valence-electron chi connectivity index (χ0n) is 11.8. The third kappa shape index (κ3) is 3.79. The van der Waals surface area contributed by atoms with Crippen molar-refractivity contribution >= 4 is 11.3 Å². The van der Waals surface area contributed by atoms with Crippen LogP contribution in [-0.2, 0) is 11.3 Å². The zero-order valence-corrected chi connectivity index (χ0v) is 12.6. The van der Waals surface area contributed by atoms with Gasteiger partial charge in [0.25, 0.3) is 0 Å². The van der Waals surface area contributed by atoms with E-state index in [-0.39, 0.29) is 0 Å². The number of alkyl halides is 1. The van der Waals surface area contributed by atoms with E-state index in [0.717, 1.165) is 32.7 Å². The van der Waals surface area contributed by atoms with Crippen LogP contribution in [0, 0.1) is 0 Å². The normalized spacial score (nSPS) is 31.8. The second-order valence-corrected chi connectivity index (χ2v) is 6.85. The molecule has 1 aromatic rings. The summed E-state index contributed by atoms with van der Waals surface area (Å²) in [5.41, 5.74) is 0. The van der Waals surface area contributed by atoms with Gasteiger partial charge in [-0.2, -0.15) is 0 Å². The Kier molecular flexibility index (Phi) is 5.04. The van der Waals surface area contributed by atoms with Crippen LogP contribution in [0.15, 0.2) is 17.5 Å². The highest BCUT2D eigenvalue weighted by molar-refractivity contribution is 7.09. The van der Waals surface area contributed by atoms with Crippen LogP contribution in [0.2, 0.25) is 0 Å². The van der Waals surface area contributed by atoms with E-state index >= 15 is 0 Å². The van der Waals surface area contributed by atoms with Gasteiger partial charge < -0.3 is 10.1 Å². The van der Waals surface area contributed by atoms with Crippen molar-refractivity contribution in [2.45, 2.75) is 44.1 Å². The number of nitrogens with one attached hydrogen (secondary N) is 1. The van der Waals surface area contributed by atoms with Crippen molar-refractivity contribution in [3.05, 3.63) is 22.4 Å². The summed E-state index contributed by atoms with van der Waals surface area (Å²) in [4.78, 5) is 3.61. The molecule has 3 heterocycles. The fourth-order valence-electron chi connectivity index (χ4n) is 3.14. The summed E-state index contributed by atoms with van der Waals surface area (Å²) in [6.07, 6.45) is 2.29. The smallest absolute Gasteiger partial charge is 0.114 e. The minimum absolute atomic E-state index is 0.314. The number of rotatable bonds is 5. The van der Waals surface area contributed by atoms with Gasteiger partial charge in [-0.3, -0.25) is 4.90 Å². The first-order chi connectivity index (χ1) is 9.81. The van der Waals surface area contributed by atoms with Gasteiger partial charge in [-0.25, -0.2) is 4.39 Å². The van der Waals surface area contributed by atoms with Gasteiger partial charge in [0.2, 0.25) is 0 Å². The number of hydrogen-bond donors (Lipinski definition) is 1. The molecule has 3 nitrogen and oxygen atoms in total. The third-order valence-corrected chi connectivity index (χ3v) is 5.08. The molecule has 1 aromatic heterocycles.